The molecule has 0 unspecified atom stereocenters. The first-order chi connectivity index (χ1) is 9.99. The summed E-state index contributed by atoms with van der Waals surface area (Å²) in [5.41, 5.74) is 4.31. The van der Waals surface area contributed by atoms with Gasteiger partial charge in [-0.3, -0.25) is 9.59 Å². The number of hydrogen-bond acceptors (Lipinski definition) is 3. The van der Waals surface area contributed by atoms with Gasteiger partial charge in [-0.15, -0.1) is 12.4 Å². The number of carbonyl (C=O) groups is 2. The molecule has 1 aromatic carbocycles. The van der Waals surface area contributed by atoms with Crippen molar-refractivity contribution in [2.45, 2.75) is 25.6 Å². The number of nitrogens with one attached hydrogen (secondary N) is 2. The molecule has 0 aliphatic carbocycles. The maximum absolute atomic E-state index is 12.4. The predicted octanol–water partition coefficient (Wildman–Crippen LogP) is 1.71. The van der Waals surface area contributed by atoms with Crippen LogP contribution in [0.15, 0.2) is 24.3 Å². The molecule has 0 saturated heterocycles. The summed E-state index contributed by atoms with van der Waals surface area (Å²) >= 11 is 0. The van der Waals surface area contributed by atoms with E-state index in [0.29, 0.717) is 0 Å². The predicted molar refractivity (Wildman–Crippen MR) is 82.3 cm³/mol. The summed E-state index contributed by atoms with van der Waals surface area (Å²) in [6.07, 6.45) is -4.45. The molecule has 23 heavy (non-hydrogen) atoms. The van der Waals surface area contributed by atoms with Crippen molar-refractivity contribution in [1.82, 2.24) is 10.6 Å². The van der Waals surface area contributed by atoms with Gasteiger partial charge >= 0.3 is 6.18 Å². The zero-order valence-corrected chi connectivity index (χ0v) is 13.5. The van der Waals surface area contributed by atoms with E-state index in [1.165, 1.54) is 0 Å². The molecule has 130 valence electrons. The van der Waals surface area contributed by atoms with E-state index in [9.17, 15) is 22.8 Å². The first kappa shape index (κ1) is 21.2. The third-order valence-corrected chi connectivity index (χ3v) is 2.63. The summed E-state index contributed by atoms with van der Waals surface area (Å²) in [6.45, 7) is 3.42. The lowest BCUT2D eigenvalue weighted by Gasteiger charge is -2.18. The first-order valence-electron chi connectivity index (χ1n) is 6.50. The zero-order valence-electron chi connectivity index (χ0n) is 12.7. The van der Waals surface area contributed by atoms with Crippen molar-refractivity contribution >= 4 is 24.2 Å². The van der Waals surface area contributed by atoms with Gasteiger partial charge < -0.3 is 16.4 Å². The van der Waals surface area contributed by atoms with Gasteiger partial charge in [0.25, 0.3) is 5.91 Å². The number of amides is 2. The van der Waals surface area contributed by atoms with E-state index in [0.717, 1.165) is 24.3 Å². The van der Waals surface area contributed by atoms with Crippen molar-refractivity contribution in [2.24, 2.45) is 5.73 Å². The Hall–Kier alpha value is -1.80. The topological polar surface area (TPSA) is 84.2 Å². The quantitative estimate of drug-likeness (QED) is 0.753. The van der Waals surface area contributed by atoms with Gasteiger partial charge in [-0.1, -0.05) is 0 Å². The molecule has 0 aliphatic heterocycles. The van der Waals surface area contributed by atoms with E-state index < -0.39 is 29.1 Å². The number of hydrogen-bond donors (Lipinski definition) is 3. The van der Waals surface area contributed by atoms with Crippen molar-refractivity contribution < 1.29 is 22.8 Å². The average Bonchev–Trinajstić information content (AvgIpc) is 2.41. The third-order valence-electron chi connectivity index (χ3n) is 2.63. The molecule has 0 heterocycles. The van der Waals surface area contributed by atoms with E-state index in [2.05, 4.69) is 10.6 Å². The average molecular weight is 354 g/mol. The molecule has 0 bridgehead atoms. The monoisotopic (exact) mass is 353 g/mol. The molecular formula is C14H19ClF3N3O2. The number of benzene rings is 1. The Morgan fingerprint density at radius 3 is 2.04 bits per heavy atom. The van der Waals surface area contributed by atoms with Crippen LogP contribution in [-0.2, 0) is 11.0 Å². The maximum Gasteiger partial charge on any atom is 0.416 e. The highest BCUT2D eigenvalue weighted by Crippen LogP contribution is 2.28. The van der Waals surface area contributed by atoms with Gasteiger partial charge in [-0.2, -0.15) is 13.2 Å². The molecule has 0 aliphatic rings. The van der Waals surface area contributed by atoms with Crippen LogP contribution in [0.25, 0.3) is 0 Å². The van der Waals surface area contributed by atoms with E-state index in [4.69, 9.17) is 5.73 Å². The minimum absolute atomic E-state index is 0. The second-order valence-corrected chi connectivity index (χ2v) is 5.52. The molecule has 2 amide bonds. The fourth-order valence-electron chi connectivity index (χ4n) is 1.46. The standard InChI is InChI=1S/C14H18F3N3O2.ClH/c1-13(2,18)8-20-11(21)7-19-12(22)9-3-5-10(6-4-9)14(15,16)17;/h3-6H,7-8,18H2,1-2H3,(H,19,22)(H,20,21);1H. The van der Waals surface area contributed by atoms with E-state index in [1.54, 1.807) is 13.8 Å². The van der Waals surface area contributed by atoms with Crippen LogP contribution in [0.1, 0.15) is 29.8 Å². The smallest absolute Gasteiger partial charge is 0.353 e. The van der Waals surface area contributed by atoms with Crippen LogP contribution in [0.4, 0.5) is 13.2 Å². The Morgan fingerprint density at radius 1 is 1.09 bits per heavy atom. The molecule has 5 nitrogen and oxygen atoms in total. The largest absolute Gasteiger partial charge is 0.416 e. The highest BCUT2D eigenvalue weighted by molar-refractivity contribution is 5.96. The SMILES string of the molecule is CC(C)(N)CNC(=O)CNC(=O)c1ccc(C(F)(F)F)cc1.Cl. The number of halogens is 4. The van der Waals surface area contributed by atoms with Crippen molar-refractivity contribution in [3.8, 4) is 0 Å². The molecule has 0 atom stereocenters. The van der Waals surface area contributed by atoms with Gasteiger partial charge in [0.05, 0.1) is 12.1 Å². The molecule has 1 rings (SSSR count). The summed E-state index contributed by atoms with van der Waals surface area (Å²) in [7, 11) is 0. The van der Waals surface area contributed by atoms with Crippen molar-refractivity contribution in [3.05, 3.63) is 35.4 Å². The summed E-state index contributed by atoms with van der Waals surface area (Å²) in [6, 6.07) is 3.73. The number of rotatable bonds is 5. The Morgan fingerprint density at radius 2 is 1.61 bits per heavy atom. The van der Waals surface area contributed by atoms with Gasteiger partial charge in [-0.25, -0.2) is 0 Å². The summed E-state index contributed by atoms with van der Waals surface area (Å²) < 4.78 is 37.2. The van der Waals surface area contributed by atoms with Gasteiger partial charge in [0.15, 0.2) is 0 Å². The van der Waals surface area contributed by atoms with Crippen molar-refractivity contribution in [1.29, 1.82) is 0 Å². The second kappa shape index (κ2) is 8.16. The number of carbonyl (C=O) groups excluding carboxylic acids is 2. The molecule has 0 aromatic heterocycles. The summed E-state index contributed by atoms with van der Waals surface area (Å²) in [5, 5.41) is 4.85. The highest BCUT2D eigenvalue weighted by Gasteiger charge is 2.30. The highest BCUT2D eigenvalue weighted by atomic mass is 35.5. The first-order valence-corrected chi connectivity index (χ1v) is 6.50. The van der Waals surface area contributed by atoms with E-state index in [-0.39, 0.29) is 31.1 Å². The second-order valence-electron chi connectivity index (χ2n) is 5.52. The van der Waals surface area contributed by atoms with E-state index in [1.807, 2.05) is 0 Å². The van der Waals surface area contributed by atoms with Crippen LogP contribution in [0.2, 0.25) is 0 Å². The van der Waals surface area contributed by atoms with Gasteiger partial charge in [-0.05, 0) is 38.1 Å². The number of alkyl halides is 3. The molecule has 0 radical (unpaired) electrons. The fraction of sp³-hybridized carbons (Fsp3) is 0.429. The van der Waals surface area contributed by atoms with Crippen molar-refractivity contribution in [3.63, 3.8) is 0 Å². The Kier molecular flexibility index (Phi) is 7.53. The van der Waals surface area contributed by atoms with Gasteiger partial charge in [0.1, 0.15) is 0 Å². The molecule has 4 N–H and O–H groups in total. The van der Waals surface area contributed by atoms with Gasteiger partial charge in [0.2, 0.25) is 5.91 Å². The number of nitrogens with two attached hydrogens (primary N) is 1. The zero-order chi connectivity index (χ0) is 17.0. The lowest BCUT2D eigenvalue weighted by atomic mass is 10.1. The van der Waals surface area contributed by atoms with Crippen molar-refractivity contribution in [2.75, 3.05) is 13.1 Å². The third kappa shape index (κ3) is 7.85. The van der Waals surface area contributed by atoms with Crippen LogP contribution < -0.4 is 16.4 Å². The lowest BCUT2D eigenvalue weighted by Crippen LogP contribution is -2.47. The van der Waals surface area contributed by atoms with Crippen LogP contribution in [0, 0.1) is 0 Å². The fourth-order valence-corrected chi connectivity index (χ4v) is 1.46. The van der Waals surface area contributed by atoms with Crippen LogP contribution in [0.3, 0.4) is 0 Å². The van der Waals surface area contributed by atoms with Crippen LogP contribution in [-0.4, -0.2) is 30.4 Å². The Bertz CT molecular complexity index is 540. The van der Waals surface area contributed by atoms with E-state index >= 15 is 0 Å². The minimum Gasteiger partial charge on any atom is -0.353 e. The van der Waals surface area contributed by atoms with Crippen LogP contribution >= 0.6 is 12.4 Å². The van der Waals surface area contributed by atoms with Crippen LogP contribution in [0.5, 0.6) is 0 Å². The summed E-state index contributed by atoms with van der Waals surface area (Å²) in [4.78, 5) is 23.2. The molecular weight excluding hydrogens is 335 g/mol. The molecule has 0 fully saturated rings. The maximum atomic E-state index is 12.4. The molecule has 0 saturated carbocycles. The normalized spacial score (nSPS) is 11.4. The van der Waals surface area contributed by atoms with Gasteiger partial charge in [0, 0.05) is 17.6 Å². The minimum atomic E-state index is -4.45. The summed E-state index contributed by atoms with van der Waals surface area (Å²) in [5.74, 6) is -1.06. The lowest BCUT2D eigenvalue weighted by molar-refractivity contribution is -0.137. The Labute approximate surface area is 138 Å². The molecule has 1 aromatic rings. The molecule has 0 spiro atoms. The Balaban J connectivity index is 0.00000484. The molecule has 9 heteroatoms.